The highest BCUT2D eigenvalue weighted by Gasteiger charge is 2.45. The minimum atomic E-state index is -1.04. The molecule has 0 radical (unpaired) electrons. The minimum absolute atomic E-state index is 0.187. The Labute approximate surface area is 182 Å². The number of hydrogen-bond acceptors (Lipinski definition) is 5. The number of amidine groups is 1. The average Bonchev–Trinajstić information content (AvgIpc) is 3.33. The molecule has 2 atom stereocenters. The van der Waals surface area contributed by atoms with Gasteiger partial charge in [-0.15, -0.1) is 0 Å². The van der Waals surface area contributed by atoms with E-state index in [9.17, 15) is 9.59 Å². The van der Waals surface area contributed by atoms with Gasteiger partial charge >= 0.3 is 6.09 Å². The summed E-state index contributed by atoms with van der Waals surface area (Å²) in [6.07, 6.45) is 4.76. The summed E-state index contributed by atoms with van der Waals surface area (Å²) < 4.78 is 5.54. The second-order valence-electron chi connectivity index (χ2n) is 9.17. The smallest absolute Gasteiger partial charge is 0.410 e. The van der Waals surface area contributed by atoms with Crippen molar-refractivity contribution in [3.63, 3.8) is 0 Å². The number of pyridine rings is 1. The molecule has 7 nitrogen and oxygen atoms in total. The maximum Gasteiger partial charge on any atom is 0.410 e. The van der Waals surface area contributed by atoms with Gasteiger partial charge in [0.2, 0.25) is 0 Å². The van der Waals surface area contributed by atoms with Crippen molar-refractivity contribution in [1.29, 1.82) is 0 Å². The topological polar surface area (TPSA) is 83.9 Å². The molecule has 0 saturated carbocycles. The Balaban J connectivity index is 1.58. The van der Waals surface area contributed by atoms with E-state index < -0.39 is 11.1 Å². The van der Waals surface area contributed by atoms with E-state index in [4.69, 9.17) is 9.73 Å². The summed E-state index contributed by atoms with van der Waals surface area (Å²) >= 11 is 0. The monoisotopic (exact) mass is 420 g/mol. The van der Waals surface area contributed by atoms with Crippen molar-refractivity contribution < 1.29 is 14.3 Å². The second kappa shape index (κ2) is 7.80. The largest absolute Gasteiger partial charge is 0.444 e. The van der Waals surface area contributed by atoms with Gasteiger partial charge in [0.25, 0.3) is 5.91 Å². The highest BCUT2D eigenvalue weighted by atomic mass is 16.6. The highest BCUT2D eigenvalue weighted by Crippen LogP contribution is 2.33. The van der Waals surface area contributed by atoms with Crippen LogP contribution in [0.4, 0.5) is 4.79 Å². The number of carbonyl (C=O) groups is 2. The Morgan fingerprint density at radius 2 is 1.94 bits per heavy atom. The van der Waals surface area contributed by atoms with Gasteiger partial charge in [0.1, 0.15) is 11.4 Å². The molecule has 2 amide bonds. The van der Waals surface area contributed by atoms with Gasteiger partial charge in [0.15, 0.2) is 5.54 Å². The zero-order chi connectivity index (χ0) is 22.2. The number of aliphatic imine (C=N–C) groups is 1. The van der Waals surface area contributed by atoms with E-state index >= 15 is 0 Å². The predicted octanol–water partition coefficient (Wildman–Crippen LogP) is 3.89. The van der Waals surface area contributed by atoms with Crippen LogP contribution < -0.4 is 5.32 Å². The maximum absolute atomic E-state index is 13.0. The van der Waals surface area contributed by atoms with Crippen molar-refractivity contribution in [2.75, 3.05) is 6.54 Å². The summed E-state index contributed by atoms with van der Waals surface area (Å²) in [6, 6.07) is 11.4. The molecule has 31 heavy (non-hydrogen) atoms. The number of nitrogens with one attached hydrogen (secondary N) is 1. The first-order valence-corrected chi connectivity index (χ1v) is 10.6. The van der Waals surface area contributed by atoms with Crippen LogP contribution in [-0.4, -0.2) is 45.9 Å². The lowest BCUT2D eigenvalue weighted by Gasteiger charge is -2.28. The third-order valence-corrected chi connectivity index (χ3v) is 5.67. The molecule has 1 saturated heterocycles. The van der Waals surface area contributed by atoms with Crippen molar-refractivity contribution >= 4 is 17.8 Å². The average molecular weight is 421 g/mol. The third-order valence-electron chi connectivity index (χ3n) is 5.67. The van der Waals surface area contributed by atoms with Crippen molar-refractivity contribution in [3.05, 3.63) is 54.4 Å². The van der Waals surface area contributed by atoms with Gasteiger partial charge in [-0.3, -0.25) is 14.7 Å². The lowest BCUT2D eigenvalue weighted by atomic mass is 9.91. The zero-order valence-electron chi connectivity index (χ0n) is 18.4. The molecule has 1 fully saturated rings. The fourth-order valence-electron chi connectivity index (χ4n) is 4.02. The number of carbonyl (C=O) groups excluding carboxylic acids is 2. The zero-order valence-corrected chi connectivity index (χ0v) is 18.4. The first kappa shape index (κ1) is 21.0. The van der Waals surface area contributed by atoms with Gasteiger partial charge in [-0.1, -0.05) is 30.3 Å². The van der Waals surface area contributed by atoms with Crippen LogP contribution in [0.3, 0.4) is 0 Å². The normalized spacial score (nSPS) is 23.5. The molecule has 3 heterocycles. The number of rotatable bonds is 3. The van der Waals surface area contributed by atoms with Crippen molar-refractivity contribution in [2.45, 2.75) is 57.7 Å². The van der Waals surface area contributed by atoms with E-state index in [2.05, 4.69) is 10.3 Å². The number of aromatic nitrogens is 1. The summed E-state index contributed by atoms with van der Waals surface area (Å²) in [6.45, 7) is 7.93. The highest BCUT2D eigenvalue weighted by molar-refractivity contribution is 6.11. The van der Waals surface area contributed by atoms with Crippen LogP contribution in [0.5, 0.6) is 0 Å². The molecule has 0 bridgehead atoms. The number of likely N-dealkylation sites (tertiary alicyclic amines) is 1. The Morgan fingerprint density at radius 3 is 2.58 bits per heavy atom. The van der Waals surface area contributed by atoms with Crippen LogP contribution in [0, 0.1) is 0 Å². The predicted molar refractivity (Wildman–Crippen MR) is 119 cm³/mol. The van der Waals surface area contributed by atoms with Gasteiger partial charge in [-0.2, -0.15) is 0 Å². The summed E-state index contributed by atoms with van der Waals surface area (Å²) in [7, 11) is 0. The molecule has 4 rings (SSSR count). The molecule has 1 aromatic carbocycles. The van der Waals surface area contributed by atoms with E-state index in [1.54, 1.807) is 24.2 Å². The van der Waals surface area contributed by atoms with E-state index in [1.807, 2.05) is 57.2 Å². The fourth-order valence-corrected chi connectivity index (χ4v) is 4.02. The number of amides is 2. The molecule has 1 aromatic heterocycles. The number of ether oxygens (including phenoxy) is 1. The van der Waals surface area contributed by atoms with Gasteiger partial charge in [0.05, 0.1) is 6.04 Å². The van der Waals surface area contributed by atoms with Crippen LogP contribution in [0.1, 0.15) is 46.1 Å². The summed E-state index contributed by atoms with van der Waals surface area (Å²) in [5, 5.41) is 2.93. The Morgan fingerprint density at radius 1 is 1.19 bits per heavy atom. The number of hydrogen-bond donors (Lipinski definition) is 1. The van der Waals surface area contributed by atoms with Gasteiger partial charge in [-0.25, -0.2) is 9.79 Å². The van der Waals surface area contributed by atoms with Gasteiger partial charge in [-0.05, 0) is 63.3 Å². The Bertz CT molecular complexity index is 1010. The lowest BCUT2D eigenvalue weighted by molar-refractivity contribution is -0.123. The van der Waals surface area contributed by atoms with Crippen molar-refractivity contribution in [3.8, 4) is 11.1 Å². The Hall–Kier alpha value is -3.22. The van der Waals surface area contributed by atoms with Gasteiger partial charge < -0.3 is 10.1 Å². The van der Waals surface area contributed by atoms with Gasteiger partial charge in [0, 0.05) is 18.9 Å². The summed E-state index contributed by atoms with van der Waals surface area (Å²) in [5.74, 6) is 0.347. The van der Waals surface area contributed by atoms with E-state index in [0.717, 1.165) is 29.5 Å². The Kier molecular flexibility index (Phi) is 5.29. The van der Waals surface area contributed by atoms with Crippen LogP contribution >= 0.6 is 0 Å². The molecular weight excluding hydrogens is 392 g/mol. The molecule has 2 unspecified atom stereocenters. The van der Waals surface area contributed by atoms with E-state index in [-0.39, 0.29) is 18.0 Å². The first-order valence-electron chi connectivity index (χ1n) is 10.6. The first-order chi connectivity index (χ1) is 14.7. The number of benzene rings is 1. The number of nitrogens with zero attached hydrogens (tertiary/aromatic N) is 3. The maximum atomic E-state index is 13.0. The molecule has 2 aliphatic heterocycles. The molecule has 2 aliphatic rings. The van der Waals surface area contributed by atoms with Crippen LogP contribution in [0.2, 0.25) is 0 Å². The standard InChI is InChI=1S/C24H28N4O3/c1-23(2,3)31-22(30)28-14-6-8-19(28)20-26-21(29)24(4,27-20)18-11-9-16(10-12-18)17-7-5-13-25-15-17/h5,7,9-13,15,19H,6,8,14H2,1-4H3,(H,26,27,29). The molecule has 0 aliphatic carbocycles. The third kappa shape index (κ3) is 4.17. The molecule has 7 heteroatoms. The van der Waals surface area contributed by atoms with Crippen LogP contribution in [0.15, 0.2) is 53.8 Å². The summed E-state index contributed by atoms with van der Waals surface area (Å²) in [4.78, 5) is 36.2. The quantitative estimate of drug-likeness (QED) is 0.816. The van der Waals surface area contributed by atoms with Crippen LogP contribution in [0.25, 0.3) is 11.1 Å². The molecule has 1 N–H and O–H groups in total. The SMILES string of the molecule is CC(C)(C)OC(=O)N1CCCC1C1=NC(C)(c2ccc(-c3cccnc3)cc2)C(=O)N1. The van der Waals surface area contributed by atoms with Crippen molar-refractivity contribution in [2.24, 2.45) is 4.99 Å². The van der Waals surface area contributed by atoms with E-state index in [1.165, 1.54) is 0 Å². The molecule has 162 valence electrons. The molecule has 0 spiro atoms. The molecule has 2 aromatic rings. The lowest BCUT2D eigenvalue weighted by Crippen LogP contribution is -2.47. The van der Waals surface area contributed by atoms with E-state index in [0.29, 0.717) is 12.4 Å². The summed E-state index contributed by atoms with van der Waals surface area (Å²) in [5.41, 5.74) is 1.23. The minimum Gasteiger partial charge on any atom is -0.444 e. The molecular formula is C24H28N4O3. The van der Waals surface area contributed by atoms with Crippen molar-refractivity contribution in [1.82, 2.24) is 15.2 Å². The van der Waals surface area contributed by atoms with Crippen LogP contribution in [-0.2, 0) is 15.1 Å². The fraction of sp³-hybridized carbons (Fsp3) is 0.417. The second-order valence-corrected chi connectivity index (χ2v) is 9.17.